The molecule has 0 radical (unpaired) electrons. The molecule has 0 saturated heterocycles. The summed E-state index contributed by atoms with van der Waals surface area (Å²) in [6, 6.07) is 11.9. The third-order valence-corrected chi connectivity index (χ3v) is 5.30. The van der Waals surface area contributed by atoms with E-state index in [1.165, 1.54) is 12.1 Å². The molecule has 3 aromatic rings. The van der Waals surface area contributed by atoms with Crippen molar-refractivity contribution in [3.05, 3.63) is 53.1 Å². The summed E-state index contributed by atoms with van der Waals surface area (Å²) in [5.41, 5.74) is 2.69. The van der Waals surface area contributed by atoms with Gasteiger partial charge in [0.25, 0.3) is 0 Å². The minimum Gasteiger partial charge on any atom is -0.406 e. The molecule has 128 valence electrons. The van der Waals surface area contributed by atoms with Crippen LogP contribution in [0.3, 0.4) is 0 Å². The molecule has 0 aliphatic carbocycles. The van der Waals surface area contributed by atoms with Crippen LogP contribution in [0.15, 0.2) is 58.0 Å². The number of aromatic nitrogens is 2. The van der Waals surface area contributed by atoms with E-state index < -0.39 is 6.36 Å². The van der Waals surface area contributed by atoms with Gasteiger partial charge in [-0.25, -0.2) is 4.98 Å². The Hall–Kier alpha value is -1.93. The first-order valence-corrected chi connectivity index (χ1v) is 9.03. The second kappa shape index (κ2) is 6.10. The van der Waals surface area contributed by atoms with Gasteiger partial charge in [-0.15, -0.1) is 24.9 Å². The SMILES string of the molecule is FC(F)(F)Oc1ccc(-c2cnc3n2CSc2cc(Br)ccc2-3)cc1. The van der Waals surface area contributed by atoms with E-state index in [-0.39, 0.29) is 5.75 Å². The lowest BCUT2D eigenvalue weighted by Crippen LogP contribution is -2.16. The van der Waals surface area contributed by atoms with Gasteiger partial charge in [-0.2, -0.15) is 0 Å². The second-order valence-electron chi connectivity index (χ2n) is 5.38. The standard InChI is InChI=1S/C17H10BrF3N2OS/c18-11-3-6-13-15(7-11)25-9-23-14(8-22-16(13)23)10-1-4-12(5-2-10)24-17(19,20)21/h1-8H,9H2. The summed E-state index contributed by atoms with van der Waals surface area (Å²) in [4.78, 5) is 5.66. The molecular weight excluding hydrogens is 417 g/mol. The van der Waals surface area contributed by atoms with Crippen LogP contribution in [0.25, 0.3) is 22.6 Å². The average molecular weight is 427 g/mol. The van der Waals surface area contributed by atoms with Gasteiger partial charge < -0.3 is 9.30 Å². The van der Waals surface area contributed by atoms with Gasteiger partial charge in [-0.3, -0.25) is 0 Å². The predicted molar refractivity (Wildman–Crippen MR) is 93.3 cm³/mol. The third kappa shape index (κ3) is 3.28. The molecule has 0 bridgehead atoms. The number of alkyl halides is 3. The Morgan fingerprint density at radius 1 is 1.12 bits per heavy atom. The van der Waals surface area contributed by atoms with E-state index >= 15 is 0 Å². The van der Waals surface area contributed by atoms with E-state index in [4.69, 9.17) is 0 Å². The van der Waals surface area contributed by atoms with E-state index in [0.29, 0.717) is 5.88 Å². The van der Waals surface area contributed by atoms with Crippen molar-refractivity contribution in [3.63, 3.8) is 0 Å². The van der Waals surface area contributed by atoms with E-state index in [2.05, 4.69) is 36.3 Å². The van der Waals surface area contributed by atoms with Crippen molar-refractivity contribution in [1.82, 2.24) is 9.55 Å². The minimum absolute atomic E-state index is 0.237. The lowest BCUT2D eigenvalue weighted by atomic mass is 10.1. The number of halogens is 4. The zero-order chi connectivity index (χ0) is 17.6. The summed E-state index contributed by atoms with van der Waals surface area (Å²) in [5.74, 6) is 1.31. The Labute approximate surface area is 154 Å². The van der Waals surface area contributed by atoms with Crippen molar-refractivity contribution >= 4 is 27.7 Å². The Morgan fingerprint density at radius 2 is 1.88 bits per heavy atom. The Balaban J connectivity index is 1.69. The molecule has 1 aromatic heterocycles. The first-order valence-electron chi connectivity index (χ1n) is 7.25. The quantitative estimate of drug-likeness (QED) is 0.507. The Morgan fingerprint density at radius 3 is 2.60 bits per heavy atom. The van der Waals surface area contributed by atoms with Crippen molar-refractivity contribution in [1.29, 1.82) is 0 Å². The van der Waals surface area contributed by atoms with E-state index in [1.807, 2.05) is 12.1 Å². The number of fused-ring (bicyclic) bond motifs is 3. The number of thioether (sulfide) groups is 1. The molecule has 0 spiro atoms. The van der Waals surface area contributed by atoms with Crippen molar-refractivity contribution in [2.75, 3.05) is 0 Å². The molecule has 0 fully saturated rings. The fourth-order valence-corrected chi connectivity index (χ4v) is 4.28. The highest BCUT2D eigenvalue weighted by Crippen LogP contribution is 2.41. The molecule has 2 aromatic carbocycles. The van der Waals surface area contributed by atoms with E-state index in [9.17, 15) is 13.2 Å². The summed E-state index contributed by atoms with van der Waals surface area (Å²) >= 11 is 5.16. The molecule has 4 rings (SSSR count). The lowest BCUT2D eigenvalue weighted by Gasteiger charge is -2.19. The van der Waals surface area contributed by atoms with Crippen LogP contribution >= 0.6 is 27.7 Å². The molecule has 0 N–H and O–H groups in total. The molecule has 0 atom stereocenters. The summed E-state index contributed by atoms with van der Waals surface area (Å²) in [5, 5.41) is 0. The fourth-order valence-electron chi connectivity index (χ4n) is 2.71. The van der Waals surface area contributed by atoms with Crippen LogP contribution in [0.4, 0.5) is 13.2 Å². The highest BCUT2D eigenvalue weighted by molar-refractivity contribution is 9.10. The van der Waals surface area contributed by atoms with Crippen molar-refractivity contribution in [2.45, 2.75) is 17.1 Å². The first-order chi connectivity index (χ1) is 11.9. The number of hydrogen-bond acceptors (Lipinski definition) is 3. The van der Waals surface area contributed by atoms with E-state index in [0.717, 1.165) is 32.0 Å². The lowest BCUT2D eigenvalue weighted by molar-refractivity contribution is -0.274. The van der Waals surface area contributed by atoms with Gasteiger partial charge in [0.15, 0.2) is 0 Å². The molecule has 0 amide bonds. The zero-order valence-corrected chi connectivity index (χ0v) is 15.0. The number of hydrogen-bond donors (Lipinski definition) is 0. The topological polar surface area (TPSA) is 27.1 Å². The van der Waals surface area contributed by atoms with Gasteiger partial charge in [0.2, 0.25) is 0 Å². The molecule has 25 heavy (non-hydrogen) atoms. The summed E-state index contributed by atoms with van der Waals surface area (Å²) < 4.78 is 43.8. The second-order valence-corrected chi connectivity index (χ2v) is 7.28. The maximum Gasteiger partial charge on any atom is 0.573 e. The van der Waals surface area contributed by atoms with Gasteiger partial charge in [0.1, 0.15) is 11.6 Å². The maximum atomic E-state index is 12.3. The largest absolute Gasteiger partial charge is 0.573 e. The van der Waals surface area contributed by atoms with Crippen LogP contribution in [0, 0.1) is 0 Å². The Bertz CT molecular complexity index is 938. The van der Waals surface area contributed by atoms with Crippen LogP contribution < -0.4 is 4.74 Å². The normalized spacial score (nSPS) is 13.3. The average Bonchev–Trinajstić information content (AvgIpc) is 2.98. The minimum atomic E-state index is -4.69. The number of rotatable bonds is 2. The van der Waals surface area contributed by atoms with E-state index in [1.54, 1.807) is 30.1 Å². The summed E-state index contributed by atoms with van der Waals surface area (Å²) in [6.07, 6.45) is -2.95. The highest BCUT2D eigenvalue weighted by Gasteiger charge is 2.31. The molecule has 3 nitrogen and oxygen atoms in total. The van der Waals surface area contributed by atoms with Crippen molar-refractivity contribution in [3.8, 4) is 28.4 Å². The molecule has 8 heteroatoms. The molecule has 0 saturated carbocycles. The van der Waals surface area contributed by atoms with Crippen molar-refractivity contribution in [2.24, 2.45) is 0 Å². The van der Waals surface area contributed by atoms with Crippen LogP contribution in [0.5, 0.6) is 5.75 Å². The molecule has 1 aliphatic heterocycles. The summed E-state index contributed by atoms with van der Waals surface area (Å²) in [6.45, 7) is 0. The molecule has 1 aliphatic rings. The van der Waals surface area contributed by atoms with Crippen LogP contribution in [-0.4, -0.2) is 15.9 Å². The zero-order valence-electron chi connectivity index (χ0n) is 12.5. The molecular formula is C17H10BrF3N2OS. The van der Waals surface area contributed by atoms with Gasteiger partial charge >= 0.3 is 6.36 Å². The molecule has 0 unspecified atom stereocenters. The highest BCUT2D eigenvalue weighted by atomic mass is 79.9. The summed E-state index contributed by atoms with van der Waals surface area (Å²) in [7, 11) is 0. The number of ether oxygens (including phenoxy) is 1. The smallest absolute Gasteiger partial charge is 0.406 e. The fraction of sp³-hybridized carbons (Fsp3) is 0.118. The van der Waals surface area contributed by atoms with Gasteiger partial charge in [0, 0.05) is 20.5 Å². The first kappa shape index (κ1) is 16.5. The van der Waals surface area contributed by atoms with Gasteiger partial charge in [0.05, 0.1) is 17.8 Å². The maximum absolute atomic E-state index is 12.3. The predicted octanol–water partition coefficient (Wildman–Crippen LogP) is 5.94. The number of nitrogens with zero attached hydrogens (tertiary/aromatic N) is 2. The number of benzene rings is 2. The van der Waals surface area contributed by atoms with Gasteiger partial charge in [-0.1, -0.05) is 15.9 Å². The monoisotopic (exact) mass is 426 g/mol. The third-order valence-electron chi connectivity index (χ3n) is 3.77. The van der Waals surface area contributed by atoms with Gasteiger partial charge in [-0.05, 0) is 42.5 Å². The van der Waals surface area contributed by atoms with Crippen LogP contribution in [-0.2, 0) is 5.88 Å². The van der Waals surface area contributed by atoms with Crippen LogP contribution in [0.1, 0.15) is 0 Å². The Kier molecular flexibility index (Phi) is 4.04. The number of imidazole rings is 1. The molecule has 2 heterocycles. The van der Waals surface area contributed by atoms with Crippen molar-refractivity contribution < 1.29 is 17.9 Å². The van der Waals surface area contributed by atoms with Crippen LogP contribution in [0.2, 0.25) is 0 Å².